The van der Waals surface area contributed by atoms with Crippen LogP contribution in [0.3, 0.4) is 0 Å². The molecule has 0 radical (unpaired) electrons. The first-order valence-corrected chi connectivity index (χ1v) is 10.0. The van der Waals surface area contributed by atoms with E-state index in [9.17, 15) is 20.0 Å². The molecule has 29 heavy (non-hydrogen) atoms. The number of urea groups is 1. The fourth-order valence-corrected chi connectivity index (χ4v) is 3.80. The van der Waals surface area contributed by atoms with Gasteiger partial charge in [0.2, 0.25) is 0 Å². The number of carbonyl (C=O) groups excluding carboxylic acids is 1. The molecule has 0 heterocycles. The topological polar surface area (TPSA) is 95.7 Å². The Morgan fingerprint density at radius 2 is 1.90 bits per heavy atom. The van der Waals surface area contributed by atoms with Crippen LogP contribution in [0.15, 0.2) is 48.5 Å². The van der Waals surface area contributed by atoms with E-state index in [2.05, 4.69) is 5.32 Å². The van der Waals surface area contributed by atoms with Crippen LogP contribution >= 0.6 is 0 Å². The van der Waals surface area contributed by atoms with Crippen LogP contribution in [0.1, 0.15) is 49.3 Å². The van der Waals surface area contributed by atoms with Gasteiger partial charge in [0.1, 0.15) is 0 Å². The molecule has 1 fully saturated rings. The van der Waals surface area contributed by atoms with Gasteiger partial charge in [-0.2, -0.15) is 0 Å². The fourth-order valence-electron chi connectivity index (χ4n) is 3.80. The number of nitro groups is 1. The number of aryl methyl sites for hydroxylation is 1. The zero-order chi connectivity index (χ0) is 20.8. The van der Waals surface area contributed by atoms with E-state index < -0.39 is 11.0 Å². The number of nitrogens with one attached hydrogen (secondary N) is 1. The summed E-state index contributed by atoms with van der Waals surface area (Å²) >= 11 is 0. The number of hydrogen-bond donors (Lipinski definition) is 2. The van der Waals surface area contributed by atoms with Gasteiger partial charge in [0, 0.05) is 18.2 Å². The summed E-state index contributed by atoms with van der Waals surface area (Å²) < 4.78 is 0. The molecule has 2 amide bonds. The zero-order valence-electron chi connectivity index (χ0n) is 16.6. The van der Waals surface area contributed by atoms with Gasteiger partial charge in [0.15, 0.2) is 0 Å². The second-order valence-corrected chi connectivity index (χ2v) is 7.56. The SMILES string of the molecule is Cc1ccc([N+](=O)[O-])cc1NC(=O)N(C[C@@H](O)c1ccccc1)C1CCCCC1. The highest BCUT2D eigenvalue weighted by molar-refractivity contribution is 5.90. The first kappa shape index (κ1) is 20.8. The Morgan fingerprint density at radius 1 is 1.21 bits per heavy atom. The maximum absolute atomic E-state index is 13.1. The van der Waals surface area contributed by atoms with Crippen molar-refractivity contribution in [2.24, 2.45) is 0 Å². The molecular weight excluding hydrogens is 370 g/mol. The van der Waals surface area contributed by atoms with Crippen molar-refractivity contribution in [3.63, 3.8) is 0 Å². The predicted molar refractivity (Wildman–Crippen MR) is 112 cm³/mol. The molecule has 1 aliphatic rings. The van der Waals surface area contributed by atoms with E-state index in [1.165, 1.54) is 12.1 Å². The third-order valence-electron chi connectivity index (χ3n) is 5.50. The van der Waals surface area contributed by atoms with Crippen LogP contribution in [0.2, 0.25) is 0 Å². The molecule has 0 bridgehead atoms. The Kier molecular flexibility index (Phi) is 6.82. The minimum Gasteiger partial charge on any atom is -0.387 e. The van der Waals surface area contributed by atoms with Crippen molar-refractivity contribution in [2.45, 2.75) is 51.2 Å². The lowest BCUT2D eigenvalue weighted by molar-refractivity contribution is -0.384. The first-order valence-electron chi connectivity index (χ1n) is 10.0. The van der Waals surface area contributed by atoms with E-state index in [0.717, 1.165) is 43.2 Å². The van der Waals surface area contributed by atoms with Gasteiger partial charge in [-0.3, -0.25) is 10.1 Å². The van der Waals surface area contributed by atoms with Crippen LogP contribution in [0.4, 0.5) is 16.2 Å². The number of carbonyl (C=O) groups is 1. The highest BCUT2D eigenvalue weighted by Crippen LogP contribution is 2.27. The summed E-state index contributed by atoms with van der Waals surface area (Å²) in [5.74, 6) is 0. The molecule has 2 N–H and O–H groups in total. The van der Waals surface area contributed by atoms with Gasteiger partial charge in [-0.05, 0) is 30.9 Å². The molecule has 154 valence electrons. The van der Waals surface area contributed by atoms with E-state index in [-0.39, 0.29) is 24.3 Å². The van der Waals surface area contributed by atoms with Gasteiger partial charge in [-0.15, -0.1) is 0 Å². The van der Waals surface area contributed by atoms with Gasteiger partial charge < -0.3 is 15.3 Å². The average Bonchev–Trinajstić information content (AvgIpc) is 2.74. The van der Waals surface area contributed by atoms with Crippen molar-refractivity contribution in [1.29, 1.82) is 0 Å². The van der Waals surface area contributed by atoms with E-state index in [1.54, 1.807) is 17.9 Å². The van der Waals surface area contributed by atoms with Crippen LogP contribution in [0, 0.1) is 17.0 Å². The molecule has 0 unspecified atom stereocenters. The van der Waals surface area contributed by atoms with Crippen LogP contribution < -0.4 is 5.32 Å². The summed E-state index contributed by atoms with van der Waals surface area (Å²) in [5.41, 5.74) is 1.85. The molecule has 0 aliphatic heterocycles. The number of amides is 2. The smallest absolute Gasteiger partial charge is 0.322 e. The number of aliphatic hydroxyl groups excluding tert-OH is 1. The minimum atomic E-state index is -0.796. The van der Waals surface area contributed by atoms with Gasteiger partial charge >= 0.3 is 6.03 Å². The number of rotatable bonds is 6. The van der Waals surface area contributed by atoms with Gasteiger partial charge in [0.25, 0.3) is 5.69 Å². The molecule has 0 saturated heterocycles. The predicted octanol–water partition coefficient (Wildman–Crippen LogP) is 4.80. The number of anilines is 1. The van der Waals surface area contributed by atoms with Crippen molar-refractivity contribution in [3.05, 3.63) is 69.8 Å². The zero-order valence-corrected chi connectivity index (χ0v) is 16.6. The Bertz CT molecular complexity index is 850. The number of benzene rings is 2. The lowest BCUT2D eigenvalue weighted by atomic mass is 9.94. The number of nitro benzene ring substituents is 1. The average molecular weight is 397 g/mol. The van der Waals surface area contributed by atoms with Crippen LogP contribution in [0.25, 0.3) is 0 Å². The molecule has 3 rings (SSSR count). The van der Waals surface area contributed by atoms with E-state index in [4.69, 9.17) is 0 Å². The lowest BCUT2D eigenvalue weighted by Gasteiger charge is -2.35. The fraction of sp³-hybridized carbons (Fsp3) is 0.409. The van der Waals surface area contributed by atoms with Crippen molar-refractivity contribution in [1.82, 2.24) is 4.90 Å². The lowest BCUT2D eigenvalue weighted by Crippen LogP contribution is -2.46. The summed E-state index contributed by atoms with van der Waals surface area (Å²) in [7, 11) is 0. The summed E-state index contributed by atoms with van der Waals surface area (Å²) in [6.45, 7) is 1.97. The first-order chi connectivity index (χ1) is 14.0. The Morgan fingerprint density at radius 3 is 2.55 bits per heavy atom. The molecule has 2 aromatic carbocycles. The Hall–Kier alpha value is -2.93. The monoisotopic (exact) mass is 397 g/mol. The highest BCUT2D eigenvalue weighted by atomic mass is 16.6. The Labute approximate surface area is 170 Å². The summed E-state index contributed by atoms with van der Waals surface area (Å²) in [5, 5.41) is 24.6. The molecule has 0 aromatic heterocycles. The molecule has 1 atom stereocenters. The van der Waals surface area contributed by atoms with Crippen molar-refractivity contribution < 1.29 is 14.8 Å². The van der Waals surface area contributed by atoms with E-state index in [0.29, 0.717) is 5.69 Å². The van der Waals surface area contributed by atoms with Crippen molar-refractivity contribution in [2.75, 3.05) is 11.9 Å². The Balaban J connectivity index is 1.80. The van der Waals surface area contributed by atoms with E-state index in [1.807, 2.05) is 30.3 Å². The quantitative estimate of drug-likeness (QED) is 0.540. The summed E-state index contributed by atoms with van der Waals surface area (Å²) in [4.78, 5) is 25.4. The molecule has 1 saturated carbocycles. The summed E-state index contributed by atoms with van der Waals surface area (Å²) in [6.07, 6.45) is 4.23. The second-order valence-electron chi connectivity index (χ2n) is 7.56. The molecule has 1 aliphatic carbocycles. The molecular formula is C22H27N3O4. The molecule has 7 nitrogen and oxygen atoms in total. The maximum Gasteiger partial charge on any atom is 0.322 e. The molecule has 7 heteroatoms. The van der Waals surface area contributed by atoms with E-state index >= 15 is 0 Å². The number of aliphatic hydroxyl groups is 1. The van der Waals surface area contributed by atoms with Gasteiger partial charge in [-0.25, -0.2) is 4.79 Å². The maximum atomic E-state index is 13.1. The van der Waals surface area contributed by atoms with Crippen LogP contribution in [-0.4, -0.2) is 33.5 Å². The van der Waals surface area contributed by atoms with Gasteiger partial charge in [-0.1, -0.05) is 55.7 Å². The largest absolute Gasteiger partial charge is 0.387 e. The third-order valence-corrected chi connectivity index (χ3v) is 5.50. The normalized spacial score (nSPS) is 15.5. The van der Waals surface area contributed by atoms with Gasteiger partial charge in [0.05, 0.1) is 23.3 Å². The highest BCUT2D eigenvalue weighted by Gasteiger charge is 2.28. The minimum absolute atomic E-state index is 0.0427. The number of hydrogen-bond acceptors (Lipinski definition) is 4. The molecule has 0 spiro atoms. The van der Waals surface area contributed by atoms with Crippen molar-refractivity contribution in [3.8, 4) is 0 Å². The standard InChI is InChI=1S/C22H27N3O4/c1-16-12-13-19(25(28)29)14-20(16)23-22(27)24(18-10-6-3-7-11-18)15-21(26)17-8-4-2-5-9-17/h2,4-5,8-9,12-14,18,21,26H,3,6-7,10-11,15H2,1H3,(H,23,27)/t21-/m1/s1. The van der Waals surface area contributed by atoms with Crippen LogP contribution in [0.5, 0.6) is 0 Å². The van der Waals surface area contributed by atoms with Crippen molar-refractivity contribution >= 4 is 17.4 Å². The third kappa shape index (κ3) is 5.32. The number of non-ortho nitro benzene ring substituents is 1. The summed E-state index contributed by atoms with van der Waals surface area (Å²) in [6, 6.07) is 13.4. The number of nitrogens with zero attached hydrogens (tertiary/aromatic N) is 2. The second kappa shape index (κ2) is 9.52. The molecule has 2 aromatic rings. The van der Waals surface area contributed by atoms with Crippen LogP contribution in [-0.2, 0) is 0 Å².